The summed E-state index contributed by atoms with van der Waals surface area (Å²) in [5, 5.41) is 0.715. The van der Waals surface area contributed by atoms with Crippen molar-refractivity contribution >= 4 is 34.3 Å². The Bertz CT molecular complexity index is 811. The number of amidine groups is 1. The van der Waals surface area contributed by atoms with Crippen LogP contribution >= 0.6 is 11.8 Å². The van der Waals surface area contributed by atoms with Gasteiger partial charge < -0.3 is 0 Å². The molecular weight excluding hydrogens is 332 g/mol. The van der Waals surface area contributed by atoms with E-state index >= 15 is 0 Å². The maximum absolute atomic E-state index is 12.8. The molecule has 1 saturated heterocycles. The van der Waals surface area contributed by atoms with E-state index in [4.69, 9.17) is 0 Å². The van der Waals surface area contributed by atoms with E-state index in [-0.39, 0.29) is 11.7 Å². The van der Waals surface area contributed by atoms with Crippen molar-refractivity contribution < 1.29 is 9.59 Å². The molecular formula is C20H20N2O2S. The number of ketones is 1. The van der Waals surface area contributed by atoms with Gasteiger partial charge in [0, 0.05) is 23.4 Å². The molecule has 1 heterocycles. The predicted octanol–water partition coefficient (Wildman–Crippen LogP) is 4.46. The van der Waals surface area contributed by atoms with Gasteiger partial charge in [-0.15, -0.1) is 0 Å². The Labute approximate surface area is 152 Å². The van der Waals surface area contributed by atoms with Gasteiger partial charge in [0.25, 0.3) is 5.91 Å². The summed E-state index contributed by atoms with van der Waals surface area (Å²) in [6, 6.07) is 14.8. The highest BCUT2D eigenvalue weighted by molar-refractivity contribution is 8.13. The molecule has 5 heteroatoms. The monoisotopic (exact) mass is 352 g/mol. The van der Waals surface area contributed by atoms with Crippen LogP contribution in [-0.2, 0) is 0 Å². The van der Waals surface area contributed by atoms with Crippen LogP contribution in [0.2, 0.25) is 0 Å². The number of rotatable bonds is 3. The normalized spacial score (nSPS) is 16.1. The van der Waals surface area contributed by atoms with Gasteiger partial charge >= 0.3 is 0 Å². The van der Waals surface area contributed by atoms with Crippen LogP contribution in [0.5, 0.6) is 0 Å². The second-order valence-electron chi connectivity index (χ2n) is 6.02. The highest BCUT2D eigenvalue weighted by Crippen LogP contribution is 2.24. The smallest absolute Gasteiger partial charge is 0.259 e. The molecule has 0 spiro atoms. The number of nitrogens with zero attached hydrogens (tertiary/aromatic N) is 2. The molecule has 128 valence electrons. The zero-order valence-corrected chi connectivity index (χ0v) is 15.2. The lowest BCUT2D eigenvalue weighted by Crippen LogP contribution is -2.39. The van der Waals surface area contributed by atoms with Crippen LogP contribution in [0, 0.1) is 6.92 Å². The van der Waals surface area contributed by atoms with Gasteiger partial charge in [-0.3, -0.25) is 14.5 Å². The molecule has 0 atom stereocenters. The summed E-state index contributed by atoms with van der Waals surface area (Å²) in [7, 11) is 0. The number of hydrogen-bond acceptors (Lipinski definition) is 4. The maximum atomic E-state index is 12.8. The average Bonchev–Trinajstić information content (AvgIpc) is 2.63. The van der Waals surface area contributed by atoms with Crippen LogP contribution in [0.15, 0.2) is 53.5 Å². The van der Waals surface area contributed by atoms with Crippen molar-refractivity contribution in [1.82, 2.24) is 4.90 Å². The second kappa shape index (κ2) is 7.66. The molecule has 1 amide bonds. The second-order valence-corrected chi connectivity index (χ2v) is 7.08. The fourth-order valence-corrected chi connectivity index (χ4v) is 3.53. The lowest BCUT2D eigenvalue weighted by molar-refractivity contribution is 0.0849. The Balaban J connectivity index is 1.86. The van der Waals surface area contributed by atoms with Crippen molar-refractivity contribution in [3.63, 3.8) is 0 Å². The number of benzene rings is 2. The number of carbonyl (C=O) groups is 2. The van der Waals surface area contributed by atoms with E-state index in [2.05, 4.69) is 4.99 Å². The van der Waals surface area contributed by atoms with Crippen LogP contribution in [0.3, 0.4) is 0 Å². The molecule has 25 heavy (non-hydrogen) atoms. The number of thioether (sulfide) groups is 1. The topological polar surface area (TPSA) is 49.7 Å². The first-order chi connectivity index (χ1) is 12.0. The van der Waals surface area contributed by atoms with E-state index in [9.17, 15) is 9.59 Å². The lowest BCUT2D eigenvalue weighted by atomic mass is 10.1. The van der Waals surface area contributed by atoms with Gasteiger partial charge in [0.1, 0.15) is 0 Å². The molecule has 0 saturated carbocycles. The van der Waals surface area contributed by atoms with Gasteiger partial charge in [-0.05, 0) is 56.7 Å². The van der Waals surface area contributed by atoms with Gasteiger partial charge in [0.15, 0.2) is 11.0 Å². The summed E-state index contributed by atoms with van der Waals surface area (Å²) in [4.78, 5) is 30.6. The van der Waals surface area contributed by atoms with E-state index in [1.807, 2.05) is 43.3 Å². The number of carbonyl (C=O) groups excluding carboxylic acids is 2. The Kier molecular flexibility index (Phi) is 5.34. The quantitative estimate of drug-likeness (QED) is 0.766. The largest absolute Gasteiger partial charge is 0.295 e. The minimum Gasteiger partial charge on any atom is -0.295 e. The molecule has 0 unspecified atom stereocenters. The third kappa shape index (κ3) is 4.17. The molecule has 0 aromatic heterocycles. The van der Waals surface area contributed by atoms with Gasteiger partial charge in [-0.25, -0.2) is 4.99 Å². The zero-order chi connectivity index (χ0) is 17.8. The molecule has 3 rings (SSSR count). The Morgan fingerprint density at radius 2 is 1.64 bits per heavy atom. The summed E-state index contributed by atoms with van der Waals surface area (Å²) in [5.74, 6) is 0.955. The van der Waals surface area contributed by atoms with Crippen LogP contribution < -0.4 is 0 Å². The Morgan fingerprint density at radius 3 is 2.28 bits per heavy atom. The predicted molar refractivity (Wildman–Crippen MR) is 103 cm³/mol. The van der Waals surface area contributed by atoms with E-state index in [0.717, 1.165) is 23.4 Å². The van der Waals surface area contributed by atoms with Crippen molar-refractivity contribution in [3.05, 3.63) is 65.2 Å². The molecule has 1 aliphatic rings. The number of Topliss-reactive ketones (excluding diaryl/α,β-unsaturated/α-hetero) is 1. The van der Waals surface area contributed by atoms with Crippen LogP contribution in [0.1, 0.15) is 39.6 Å². The molecule has 0 bridgehead atoms. The van der Waals surface area contributed by atoms with Gasteiger partial charge in [-0.1, -0.05) is 29.5 Å². The molecule has 0 aliphatic carbocycles. The summed E-state index contributed by atoms with van der Waals surface area (Å²) in [6.45, 7) is 4.21. The van der Waals surface area contributed by atoms with Crippen molar-refractivity contribution in [2.24, 2.45) is 4.99 Å². The minimum absolute atomic E-state index is 0.0219. The van der Waals surface area contributed by atoms with Crippen molar-refractivity contribution in [1.29, 1.82) is 0 Å². The average molecular weight is 352 g/mol. The Morgan fingerprint density at radius 1 is 1.00 bits per heavy atom. The molecule has 0 radical (unpaired) electrons. The molecule has 2 aromatic carbocycles. The number of aliphatic imine (C=N–C) groups is 1. The highest BCUT2D eigenvalue weighted by Gasteiger charge is 2.24. The van der Waals surface area contributed by atoms with Crippen LogP contribution in [0.4, 0.5) is 5.69 Å². The molecule has 2 aromatic rings. The summed E-state index contributed by atoms with van der Waals surface area (Å²) in [6.07, 6.45) is 0.949. The number of amides is 1. The first-order valence-electron chi connectivity index (χ1n) is 8.25. The molecule has 0 N–H and O–H groups in total. The van der Waals surface area contributed by atoms with E-state index in [1.54, 1.807) is 35.7 Å². The summed E-state index contributed by atoms with van der Waals surface area (Å²) >= 11 is 1.59. The number of hydrogen-bond donors (Lipinski definition) is 0. The van der Waals surface area contributed by atoms with Gasteiger partial charge in [-0.2, -0.15) is 0 Å². The van der Waals surface area contributed by atoms with Gasteiger partial charge in [0.2, 0.25) is 0 Å². The van der Waals surface area contributed by atoms with Crippen molar-refractivity contribution in [2.45, 2.75) is 20.3 Å². The minimum atomic E-state index is -0.0219. The van der Waals surface area contributed by atoms with E-state index < -0.39 is 0 Å². The highest BCUT2D eigenvalue weighted by atomic mass is 32.2. The first-order valence-corrected chi connectivity index (χ1v) is 9.24. The fourth-order valence-electron chi connectivity index (χ4n) is 2.57. The molecule has 4 nitrogen and oxygen atoms in total. The zero-order valence-electron chi connectivity index (χ0n) is 14.4. The summed E-state index contributed by atoms with van der Waals surface area (Å²) < 4.78 is 0. The molecule has 1 aliphatic heterocycles. The van der Waals surface area contributed by atoms with Crippen molar-refractivity contribution in [3.8, 4) is 0 Å². The molecule has 1 fully saturated rings. The van der Waals surface area contributed by atoms with E-state index in [0.29, 0.717) is 22.8 Å². The lowest BCUT2D eigenvalue weighted by Gasteiger charge is -2.27. The third-order valence-electron chi connectivity index (χ3n) is 4.03. The first kappa shape index (κ1) is 17.4. The van der Waals surface area contributed by atoms with Crippen molar-refractivity contribution in [2.75, 3.05) is 12.3 Å². The SMILES string of the molecule is CC(=O)c1ccc(N=C2SCCCN2C(=O)c2ccc(C)cc2)cc1. The van der Waals surface area contributed by atoms with E-state index in [1.165, 1.54) is 0 Å². The van der Waals surface area contributed by atoms with Crippen LogP contribution in [0.25, 0.3) is 0 Å². The maximum Gasteiger partial charge on any atom is 0.259 e. The standard InChI is InChI=1S/C20H20N2O2S/c1-14-4-6-17(7-5-14)19(24)22-12-3-13-25-20(22)21-18-10-8-16(9-11-18)15(2)23/h4-11H,3,12-13H2,1-2H3. The fraction of sp³-hybridized carbons (Fsp3) is 0.250. The summed E-state index contributed by atoms with van der Waals surface area (Å²) in [5.41, 5.74) is 3.21. The Hall–Kier alpha value is -2.40. The number of aryl methyl sites for hydroxylation is 1. The van der Waals surface area contributed by atoms with Crippen LogP contribution in [-0.4, -0.2) is 34.1 Å². The van der Waals surface area contributed by atoms with Gasteiger partial charge in [0.05, 0.1) is 5.69 Å². The third-order valence-corrected chi connectivity index (χ3v) is 5.09.